The number of hydrogen-bond acceptors (Lipinski definition) is 4. The number of aromatic nitrogens is 1. The third-order valence-corrected chi connectivity index (χ3v) is 6.50. The van der Waals surface area contributed by atoms with E-state index in [2.05, 4.69) is 34.7 Å². The van der Waals surface area contributed by atoms with E-state index in [0.29, 0.717) is 11.7 Å². The summed E-state index contributed by atoms with van der Waals surface area (Å²) in [5, 5.41) is 0.672. The summed E-state index contributed by atoms with van der Waals surface area (Å²) in [5.41, 5.74) is -0.472. The van der Waals surface area contributed by atoms with E-state index in [-0.39, 0.29) is 22.2 Å². The molecule has 1 aromatic heterocycles. The highest BCUT2D eigenvalue weighted by Gasteiger charge is 2.37. The zero-order valence-corrected chi connectivity index (χ0v) is 19.3. The third kappa shape index (κ3) is 5.57. The highest BCUT2D eigenvalue weighted by atomic mass is 35.5. The van der Waals surface area contributed by atoms with Crippen molar-refractivity contribution in [2.45, 2.75) is 36.3 Å². The van der Waals surface area contributed by atoms with Gasteiger partial charge in [0.2, 0.25) is 0 Å². The van der Waals surface area contributed by atoms with E-state index in [0.717, 1.165) is 35.6 Å². The largest absolute Gasteiger partial charge is 0.446 e. The van der Waals surface area contributed by atoms with Crippen LogP contribution in [0.4, 0.5) is 18.9 Å². The van der Waals surface area contributed by atoms with Crippen LogP contribution in [0.2, 0.25) is 5.02 Å². The number of hydrogen-bond donors (Lipinski definition) is 0. The summed E-state index contributed by atoms with van der Waals surface area (Å²) in [5.74, 6) is 0. The molecule has 0 bridgehead atoms. The Kier molecular flexibility index (Phi) is 6.43. The SMILES string of the molecule is CC1(C)CN(c2ccc(SC(F)(F)F)cc2)CN1Cc1ccnc(-c2cccc(Cl)c2)c1. The van der Waals surface area contributed by atoms with Crippen molar-refractivity contribution in [3.8, 4) is 11.3 Å². The Balaban J connectivity index is 1.48. The van der Waals surface area contributed by atoms with Crippen LogP contribution in [0.15, 0.2) is 71.8 Å². The van der Waals surface area contributed by atoms with Crippen LogP contribution < -0.4 is 4.90 Å². The molecule has 168 valence electrons. The molecular formula is C24H23ClF3N3S. The molecule has 1 saturated heterocycles. The first-order valence-corrected chi connectivity index (χ1v) is 11.4. The Morgan fingerprint density at radius 1 is 1.06 bits per heavy atom. The summed E-state index contributed by atoms with van der Waals surface area (Å²) in [6.07, 6.45) is 1.81. The van der Waals surface area contributed by atoms with Crippen molar-refractivity contribution in [1.82, 2.24) is 9.88 Å². The number of anilines is 1. The summed E-state index contributed by atoms with van der Waals surface area (Å²) < 4.78 is 37.8. The molecule has 4 rings (SSSR count). The van der Waals surface area contributed by atoms with Crippen LogP contribution in [-0.4, -0.2) is 34.1 Å². The van der Waals surface area contributed by atoms with Crippen LogP contribution in [-0.2, 0) is 6.54 Å². The zero-order chi connectivity index (χ0) is 22.9. The van der Waals surface area contributed by atoms with Gasteiger partial charge in [0.1, 0.15) is 0 Å². The second-order valence-electron chi connectivity index (χ2n) is 8.45. The fraction of sp³-hybridized carbons (Fsp3) is 0.292. The van der Waals surface area contributed by atoms with E-state index < -0.39 is 5.51 Å². The first-order valence-electron chi connectivity index (χ1n) is 10.2. The second kappa shape index (κ2) is 8.96. The molecule has 0 N–H and O–H groups in total. The lowest BCUT2D eigenvalue weighted by Crippen LogP contribution is -2.39. The topological polar surface area (TPSA) is 19.4 Å². The van der Waals surface area contributed by atoms with Crippen LogP contribution in [0.25, 0.3) is 11.3 Å². The monoisotopic (exact) mass is 477 g/mol. The molecule has 3 aromatic rings. The summed E-state index contributed by atoms with van der Waals surface area (Å²) in [7, 11) is 0. The average Bonchev–Trinajstić information content (AvgIpc) is 3.02. The molecule has 0 unspecified atom stereocenters. The van der Waals surface area contributed by atoms with Gasteiger partial charge in [-0.25, -0.2) is 0 Å². The van der Waals surface area contributed by atoms with Crippen LogP contribution in [0, 0.1) is 0 Å². The van der Waals surface area contributed by atoms with Crippen molar-refractivity contribution in [3.63, 3.8) is 0 Å². The van der Waals surface area contributed by atoms with Crippen molar-refractivity contribution in [2.24, 2.45) is 0 Å². The Labute approximate surface area is 195 Å². The maximum Gasteiger partial charge on any atom is 0.446 e. The molecule has 3 nitrogen and oxygen atoms in total. The molecule has 2 heterocycles. The Morgan fingerprint density at radius 2 is 1.81 bits per heavy atom. The first-order chi connectivity index (χ1) is 15.1. The van der Waals surface area contributed by atoms with Gasteiger partial charge in [-0.05, 0) is 79.7 Å². The lowest BCUT2D eigenvalue weighted by atomic mass is 10.0. The molecule has 0 radical (unpaired) electrons. The van der Waals surface area contributed by atoms with E-state index in [9.17, 15) is 13.2 Å². The highest BCUT2D eigenvalue weighted by molar-refractivity contribution is 8.00. The van der Waals surface area contributed by atoms with Gasteiger partial charge >= 0.3 is 5.51 Å². The maximum absolute atomic E-state index is 12.6. The molecule has 1 aliphatic heterocycles. The van der Waals surface area contributed by atoms with Gasteiger partial charge in [-0.3, -0.25) is 9.88 Å². The van der Waals surface area contributed by atoms with Gasteiger partial charge < -0.3 is 4.90 Å². The molecule has 2 aromatic carbocycles. The van der Waals surface area contributed by atoms with Gasteiger partial charge in [0.15, 0.2) is 0 Å². The number of benzene rings is 2. The number of nitrogens with zero attached hydrogens (tertiary/aromatic N) is 3. The van der Waals surface area contributed by atoms with Gasteiger partial charge in [-0.15, -0.1) is 0 Å². The van der Waals surface area contributed by atoms with E-state index >= 15 is 0 Å². The Morgan fingerprint density at radius 3 is 2.50 bits per heavy atom. The predicted octanol–water partition coefficient (Wildman–Crippen LogP) is 7.07. The predicted molar refractivity (Wildman–Crippen MR) is 125 cm³/mol. The number of pyridine rings is 1. The van der Waals surface area contributed by atoms with Gasteiger partial charge in [-0.2, -0.15) is 13.2 Å². The van der Waals surface area contributed by atoms with Crippen LogP contribution in [0.3, 0.4) is 0 Å². The fourth-order valence-corrected chi connectivity index (χ4v) is 4.64. The molecule has 0 amide bonds. The van der Waals surface area contributed by atoms with Crippen LogP contribution in [0.5, 0.6) is 0 Å². The second-order valence-corrected chi connectivity index (χ2v) is 10.0. The smallest absolute Gasteiger partial charge is 0.357 e. The van der Waals surface area contributed by atoms with Crippen molar-refractivity contribution in [2.75, 3.05) is 18.1 Å². The number of rotatable bonds is 5. The highest BCUT2D eigenvalue weighted by Crippen LogP contribution is 2.38. The van der Waals surface area contributed by atoms with E-state index in [1.165, 1.54) is 12.1 Å². The Bertz CT molecular complexity index is 1090. The molecular weight excluding hydrogens is 455 g/mol. The Hall–Kier alpha value is -2.22. The quantitative estimate of drug-likeness (QED) is 0.366. The number of thioether (sulfide) groups is 1. The molecule has 1 aliphatic rings. The lowest BCUT2D eigenvalue weighted by Gasteiger charge is -2.29. The van der Waals surface area contributed by atoms with Crippen molar-refractivity contribution < 1.29 is 13.2 Å². The van der Waals surface area contributed by atoms with E-state index in [4.69, 9.17) is 11.6 Å². The standard InChI is InChI=1S/C24H23ClF3N3S/c1-23(2)15-30(20-6-8-21(9-7-20)32-24(26,27)28)16-31(23)14-17-10-11-29-22(12-17)18-4-3-5-19(25)13-18/h3-13H,14-16H2,1-2H3. The normalized spacial score (nSPS) is 16.5. The van der Waals surface area contributed by atoms with Crippen LogP contribution >= 0.6 is 23.4 Å². The summed E-state index contributed by atoms with van der Waals surface area (Å²) in [6.45, 7) is 6.57. The molecule has 1 fully saturated rings. The summed E-state index contributed by atoms with van der Waals surface area (Å²) in [6, 6.07) is 18.3. The number of halogens is 4. The van der Waals surface area contributed by atoms with Gasteiger partial charge in [0, 0.05) is 46.0 Å². The van der Waals surface area contributed by atoms with Crippen molar-refractivity contribution in [1.29, 1.82) is 0 Å². The average molecular weight is 478 g/mol. The van der Waals surface area contributed by atoms with Crippen molar-refractivity contribution in [3.05, 3.63) is 77.4 Å². The molecule has 0 saturated carbocycles. The third-order valence-electron chi connectivity index (χ3n) is 5.53. The van der Waals surface area contributed by atoms with Gasteiger partial charge in [0.25, 0.3) is 0 Å². The minimum atomic E-state index is -4.28. The minimum absolute atomic E-state index is 0.0887. The molecule has 32 heavy (non-hydrogen) atoms. The summed E-state index contributed by atoms with van der Waals surface area (Å²) >= 11 is 6.04. The van der Waals surface area contributed by atoms with Crippen molar-refractivity contribution >= 4 is 29.1 Å². The lowest BCUT2D eigenvalue weighted by molar-refractivity contribution is -0.0328. The van der Waals surface area contributed by atoms with E-state index in [1.807, 2.05) is 36.5 Å². The molecule has 0 atom stereocenters. The molecule has 0 spiro atoms. The van der Waals surface area contributed by atoms with E-state index in [1.54, 1.807) is 12.1 Å². The molecule has 8 heteroatoms. The molecule has 0 aliphatic carbocycles. The minimum Gasteiger partial charge on any atom is -0.357 e. The summed E-state index contributed by atoms with van der Waals surface area (Å²) in [4.78, 5) is 9.24. The fourth-order valence-electron chi connectivity index (χ4n) is 3.91. The van der Waals surface area contributed by atoms with Gasteiger partial charge in [-0.1, -0.05) is 23.7 Å². The maximum atomic E-state index is 12.6. The number of alkyl halides is 3. The zero-order valence-electron chi connectivity index (χ0n) is 17.7. The van der Waals surface area contributed by atoms with Gasteiger partial charge in [0.05, 0.1) is 12.4 Å². The van der Waals surface area contributed by atoms with Crippen LogP contribution in [0.1, 0.15) is 19.4 Å². The first kappa shape index (κ1) is 23.0.